The Hall–Kier alpha value is -2.67. The lowest BCUT2D eigenvalue weighted by Crippen LogP contribution is -2.17. The molecule has 1 aromatic heterocycles. The largest absolute Gasteiger partial charge is 0.494 e. The molecule has 0 bridgehead atoms. The molecule has 0 saturated carbocycles. The van der Waals surface area contributed by atoms with E-state index in [0.717, 1.165) is 11.3 Å². The molecule has 0 saturated heterocycles. The van der Waals surface area contributed by atoms with Crippen LogP contribution < -0.4 is 10.1 Å². The first-order valence-electron chi connectivity index (χ1n) is 7.17. The summed E-state index contributed by atoms with van der Waals surface area (Å²) >= 11 is 0. The van der Waals surface area contributed by atoms with Crippen LogP contribution in [0.2, 0.25) is 0 Å². The molecule has 122 valence electrons. The second-order valence-corrected chi connectivity index (χ2v) is 4.75. The Morgan fingerprint density at radius 1 is 1.26 bits per heavy atom. The van der Waals surface area contributed by atoms with Gasteiger partial charge in [-0.15, -0.1) is 0 Å². The van der Waals surface area contributed by atoms with Crippen molar-refractivity contribution in [3.05, 3.63) is 47.9 Å². The van der Waals surface area contributed by atoms with Gasteiger partial charge in [0.15, 0.2) is 5.69 Å². The van der Waals surface area contributed by atoms with Crippen LogP contribution in [0, 0.1) is 0 Å². The number of hydrogen-bond donors (Lipinski definition) is 2. The highest BCUT2D eigenvalue weighted by molar-refractivity contribution is 5.84. The van der Waals surface area contributed by atoms with Crippen molar-refractivity contribution in [2.75, 3.05) is 25.6 Å². The van der Waals surface area contributed by atoms with Crippen molar-refractivity contribution in [1.29, 1.82) is 0 Å². The maximum absolute atomic E-state index is 10.8. The molecule has 1 unspecified atom stereocenters. The number of nitrogens with one attached hydrogen (secondary N) is 1. The van der Waals surface area contributed by atoms with Gasteiger partial charge in [0.25, 0.3) is 0 Å². The van der Waals surface area contributed by atoms with Crippen molar-refractivity contribution in [1.82, 2.24) is 9.97 Å². The van der Waals surface area contributed by atoms with Crippen molar-refractivity contribution in [3.63, 3.8) is 0 Å². The topological polar surface area (TPSA) is 93.6 Å². The SMILES string of the molecule is CCOc1ccc(C(COC)Nc2cnc(C(=O)O)cn2)cc1. The van der Waals surface area contributed by atoms with Gasteiger partial charge < -0.3 is 19.9 Å². The van der Waals surface area contributed by atoms with E-state index >= 15 is 0 Å². The maximum atomic E-state index is 10.8. The standard InChI is InChI=1S/C16H19N3O4/c1-3-23-12-6-4-11(5-7-12)14(10-22-2)19-15-9-17-13(8-18-15)16(20)21/h4-9,14H,3,10H2,1-2H3,(H,18,19)(H,20,21). The molecule has 23 heavy (non-hydrogen) atoms. The van der Waals surface area contributed by atoms with Gasteiger partial charge in [0, 0.05) is 7.11 Å². The highest BCUT2D eigenvalue weighted by Crippen LogP contribution is 2.21. The minimum Gasteiger partial charge on any atom is -0.494 e. The van der Waals surface area contributed by atoms with E-state index in [1.54, 1.807) is 7.11 Å². The molecule has 1 heterocycles. The number of rotatable bonds is 8. The molecule has 0 aliphatic heterocycles. The smallest absolute Gasteiger partial charge is 0.356 e. The Morgan fingerprint density at radius 2 is 2.00 bits per heavy atom. The van der Waals surface area contributed by atoms with Crippen molar-refractivity contribution < 1.29 is 19.4 Å². The lowest BCUT2D eigenvalue weighted by molar-refractivity contribution is 0.0690. The van der Waals surface area contributed by atoms with Crippen molar-refractivity contribution in [2.24, 2.45) is 0 Å². The van der Waals surface area contributed by atoms with Crippen LogP contribution >= 0.6 is 0 Å². The van der Waals surface area contributed by atoms with Gasteiger partial charge in [0.1, 0.15) is 11.6 Å². The number of aromatic carboxylic acids is 1. The van der Waals surface area contributed by atoms with Gasteiger partial charge in [-0.3, -0.25) is 0 Å². The fourth-order valence-electron chi connectivity index (χ4n) is 2.04. The number of anilines is 1. The molecular weight excluding hydrogens is 298 g/mol. The molecule has 0 aliphatic rings. The second-order valence-electron chi connectivity index (χ2n) is 4.75. The monoisotopic (exact) mass is 317 g/mol. The minimum atomic E-state index is -1.11. The van der Waals surface area contributed by atoms with Gasteiger partial charge in [0.2, 0.25) is 0 Å². The third-order valence-corrected chi connectivity index (χ3v) is 3.12. The Bertz CT molecular complexity index is 629. The number of aromatic nitrogens is 2. The summed E-state index contributed by atoms with van der Waals surface area (Å²) in [6.07, 6.45) is 2.60. The number of benzene rings is 1. The summed E-state index contributed by atoms with van der Waals surface area (Å²) in [6.45, 7) is 2.98. The fraction of sp³-hybridized carbons (Fsp3) is 0.312. The molecule has 7 nitrogen and oxygen atoms in total. The first-order chi connectivity index (χ1) is 11.1. The zero-order valence-electron chi connectivity index (χ0n) is 13.0. The molecule has 0 radical (unpaired) electrons. The third-order valence-electron chi connectivity index (χ3n) is 3.12. The van der Waals surface area contributed by atoms with Crippen LogP contribution in [-0.4, -0.2) is 41.4 Å². The summed E-state index contributed by atoms with van der Waals surface area (Å²) in [5.74, 6) is 0.174. The maximum Gasteiger partial charge on any atom is 0.356 e. The summed E-state index contributed by atoms with van der Waals surface area (Å²) in [5.41, 5.74) is 0.902. The van der Waals surface area contributed by atoms with E-state index in [0.29, 0.717) is 19.0 Å². The van der Waals surface area contributed by atoms with Crippen molar-refractivity contribution in [2.45, 2.75) is 13.0 Å². The van der Waals surface area contributed by atoms with Crippen LogP contribution in [0.15, 0.2) is 36.7 Å². The Labute approximate surface area is 134 Å². The zero-order chi connectivity index (χ0) is 16.7. The molecule has 0 spiro atoms. The van der Waals surface area contributed by atoms with Crippen LogP contribution in [0.4, 0.5) is 5.82 Å². The predicted molar refractivity (Wildman–Crippen MR) is 84.8 cm³/mol. The molecule has 7 heteroatoms. The summed E-state index contributed by atoms with van der Waals surface area (Å²) in [7, 11) is 1.61. The van der Waals surface area contributed by atoms with Crippen LogP contribution in [0.25, 0.3) is 0 Å². The van der Waals surface area contributed by atoms with E-state index in [2.05, 4.69) is 15.3 Å². The molecular formula is C16H19N3O4. The Kier molecular flexibility index (Phi) is 5.87. The normalized spacial score (nSPS) is 11.7. The summed E-state index contributed by atoms with van der Waals surface area (Å²) in [6, 6.07) is 7.53. The molecule has 2 aromatic rings. The Balaban J connectivity index is 2.12. The number of methoxy groups -OCH3 is 1. The molecule has 0 amide bonds. The first-order valence-corrected chi connectivity index (χ1v) is 7.17. The summed E-state index contributed by atoms with van der Waals surface area (Å²) in [4.78, 5) is 18.7. The molecule has 2 N–H and O–H groups in total. The molecule has 1 atom stereocenters. The van der Waals surface area contributed by atoms with Crippen LogP contribution in [0.1, 0.15) is 29.0 Å². The van der Waals surface area contributed by atoms with Gasteiger partial charge in [-0.2, -0.15) is 0 Å². The average molecular weight is 317 g/mol. The fourth-order valence-corrected chi connectivity index (χ4v) is 2.04. The van der Waals surface area contributed by atoms with E-state index in [9.17, 15) is 4.79 Å². The van der Waals surface area contributed by atoms with Gasteiger partial charge in [-0.1, -0.05) is 12.1 Å². The number of ether oxygens (including phenoxy) is 2. The van der Waals surface area contributed by atoms with Gasteiger partial charge >= 0.3 is 5.97 Å². The van der Waals surface area contributed by atoms with E-state index in [-0.39, 0.29) is 11.7 Å². The Morgan fingerprint density at radius 3 is 2.52 bits per heavy atom. The van der Waals surface area contributed by atoms with E-state index in [1.807, 2.05) is 31.2 Å². The number of carboxylic acid groups (broad SMARTS) is 1. The molecule has 0 aliphatic carbocycles. The summed E-state index contributed by atoms with van der Waals surface area (Å²) in [5, 5.41) is 12.0. The van der Waals surface area contributed by atoms with E-state index in [1.165, 1.54) is 12.4 Å². The lowest BCUT2D eigenvalue weighted by atomic mass is 10.1. The number of carboxylic acids is 1. The highest BCUT2D eigenvalue weighted by Gasteiger charge is 2.13. The van der Waals surface area contributed by atoms with E-state index in [4.69, 9.17) is 14.6 Å². The molecule has 2 rings (SSSR count). The number of hydrogen-bond acceptors (Lipinski definition) is 6. The quantitative estimate of drug-likeness (QED) is 0.772. The van der Waals surface area contributed by atoms with Gasteiger partial charge in [-0.25, -0.2) is 14.8 Å². The van der Waals surface area contributed by atoms with Crippen molar-refractivity contribution >= 4 is 11.8 Å². The zero-order valence-corrected chi connectivity index (χ0v) is 13.0. The van der Waals surface area contributed by atoms with E-state index < -0.39 is 5.97 Å². The van der Waals surface area contributed by atoms with Gasteiger partial charge in [-0.05, 0) is 24.6 Å². The van der Waals surface area contributed by atoms with Crippen LogP contribution in [0.5, 0.6) is 5.75 Å². The number of carbonyl (C=O) groups is 1. The highest BCUT2D eigenvalue weighted by atomic mass is 16.5. The van der Waals surface area contributed by atoms with Crippen LogP contribution in [-0.2, 0) is 4.74 Å². The lowest BCUT2D eigenvalue weighted by Gasteiger charge is -2.19. The predicted octanol–water partition coefficient (Wildman–Crippen LogP) is 2.37. The third kappa shape index (κ3) is 4.65. The van der Waals surface area contributed by atoms with Gasteiger partial charge in [0.05, 0.1) is 31.6 Å². The second kappa shape index (κ2) is 8.09. The average Bonchev–Trinajstić information content (AvgIpc) is 2.56. The molecule has 1 aromatic carbocycles. The number of nitrogens with zero attached hydrogens (tertiary/aromatic N) is 2. The van der Waals surface area contributed by atoms with Crippen LogP contribution in [0.3, 0.4) is 0 Å². The first kappa shape index (κ1) is 16.7. The minimum absolute atomic E-state index is 0.0973. The summed E-state index contributed by atoms with van der Waals surface area (Å²) < 4.78 is 10.7. The van der Waals surface area contributed by atoms with Crippen molar-refractivity contribution in [3.8, 4) is 5.75 Å². The molecule has 0 fully saturated rings.